The average Bonchev–Trinajstić information content (AvgIpc) is 2.51. The first-order valence-corrected chi connectivity index (χ1v) is 7.28. The maximum Gasteiger partial charge on any atom is 0.0931 e. The zero-order valence-corrected chi connectivity index (χ0v) is 11.2. The number of hydrogen-bond donors (Lipinski definition) is 0. The molecule has 1 saturated carbocycles. The summed E-state index contributed by atoms with van der Waals surface area (Å²) in [5.41, 5.74) is 1.42. The molecule has 14 heavy (non-hydrogen) atoms. The molecule has 0 aliphatic heterocycles. The zero-order chi connectivity index (χ0) is 9.97. The van der Waals surface area contributed by atoms with Crippen LogP contribution in [0.25, 0.3) is 0 Å². The second-order valence-corrected chi connectivity index (χ2v) is 6.93. The third-order valence-corrected chi connectivity index (χ3v) is 4.84. The second kappa shape index (κ2) is 5.00. The fourth-order valence-electron chi connectivity index (χ4n) is 2.20. The van der Waals surface area contributed by atoms with Gasteiger partial charge in [-0.15, -0.1) is 11.3 Å². The van der Waals surface area contributed by atoms with Crippen molar-refractivity contribution in [3.8, 4) is 0 Å². The van der Waals surface area contributed by atoms with E-state index in [1.54, 1.807) is 11.3 Å². The number of hydrogen-bond acceptors (Lipinski definition) is 1. The molecule has 1 aromatic heterocycles. The lowest BCUT2D eigenvalue weighted by Crippen LogP contribution is -2.16. The van der Waals surface area contributed by atoms with Gasteiger partial charge in [-0.25, -0.2) is 0 Å². The number of alkyl halides is 1. The number of rotatable bonds is 2. The highest BCUT2D eigenvalue weighted by Gasteiger charge is 2.20. The van der Waals surface area contributed by atoms with Gasteiger partial charge in [-0.1, -0.05) is 40.4 Å². The van der Waals surface area contributed by atoms with Crippen LogP contribution in [0.5, 0.6) is 0 Å². The maximum absolute atomic E-state index is 5.92. The summed E-state index contributed by atoms with van der Waals surface area (Å²) in [6.45, 7) is 0. The Balaban J connectivity index is 1.90. The van der Waals surface area contributed by atoms with Gasteiger partial charge in [0, 0.05) is 4.83 Å². The Morgan fingerprint density at radius 1 is 1.50 bits per heavy atom. The topological polar surface area (TPSA) is 0 Å². The lowest BCUT2D eigenvalue weighted by atomic mass is 9.85. The number of thiophene rings is 1. The summed E-state index contributed by atoms with van der Waals surface area (Å²) in [6.07, 6.45) is 6.65. The van der Waals surface area contributed by atoms with Gasteiger partial charge in [0.05, 0.1) is 4.34 Å². The summed E-state index contributed by atoms with van der Waals surface area (Å²) in [7, 11) is 0. The summed E-state index contributed by atoms with van der Waals surface area (Å²) in [5.74, 6) is 0.860. The monoisotopic (exact) mass is 292 g/mol. The van der Waals surface area contributed by atoms with Gasteiger partial charge >= 0.3 is 0 Å². The Morgan fingerprint density at radius 3 is 3.00 bits per heavy atom. The van der Waals surface area contributed by atoms with Crippen LogP contribution in [0.1, 0.15) is 31.2 Å². The van der Waals surface area contributed by atoms with Gasteiger partial charge in [0.25, 0.3) is 0 Å². The zero-order valence-electron chi connectivity index (χ0n) is 8.01. The number of halogens is 2. The van der Waals surface area contributed by atoms with Crippen LogP contribution in [0.2, 0.25) is 4.34 Å². The van der Waals surface area contributed by atoms with Crippen LogP contribution in [-0.4, -0.2) is 4.83 Å². The van der Waals surface area contributed by atoms with Gasteiger partial charge in [0.1, 0.15) is 0 Å². The molecule has 0 radical (unpaired) electrons. The van der Waals surface area contributed by atoms with Crippen LogP contribution in [0, 0.1) is 5.92 Å². The van der Waals surface area contributed by atoms with E-state index >= 15 is 0 Å². The largest absolute Gasteiger partial charge is 0.132 e. The van der Waals surface area contributed by atoms with E-state index in [0.717, 1.165) is 15.1 Å². The summed E-state index contributed by atoms with van der Waals surface area (Å²) >= 11 is 11.3. The van der Waals surface area contributed by atoms with E-state index in [2.05, 4.69) is 27.4 Å². The molecule has 0 nitrogen and oxygen atoms in total. The highest BCUT2D eigenvalue weighted by atomic mass is 79.9. The highest BCUT2D eigenvalue weighted by molar-refractivity contribution is 9.09. The molecule has 1 aliphatic rings. The van der Waals surface area contributed by atoms with E-state index < -0.39 is 0 Å². The molecule has 1 fully saturated rings. The summed E-state index contributed by atoms with van der Waals surface area (Å²) in [5, 5.41) is 2.19. The highest BCUT2D eigenvalue weighted by Crippen LogP contribution is 2.32. The molecule has 3 heteroatoms. The Morgan fingerprint density at radius 2 is 2.36 bits per heavy atom. The van der Waals surface area contributed by atoms with E-state index in [1.165, 1.54) is 37.7 Å². The third kappa shape index (κ3) is 2.98. The third-order valence-electron chi connectivity index (χ3n) is 2.86. The van der Waals surface area contributed by atoms with Gasteiger partial charge in [-0.05, 0) is 42.2 Å². The molecule has 2 rings (SSSR count). The Kier molecular flexibility index (Phi) is 3.92. The normalized spacial score (nSPS) is 27.9. The van der Waals surface area contributed by atoms with E-state index in [1.807, 2.05) is 0 Å². The van der Waals surface area contributed by atoms with Gasteiger partial charge in [-0.2, -0.15) is 0 Å². The maximum atomic E-state index is 5.92. The molecule has 1 aliphatic carbocycles. The van der Waals surface area contributed by atoms with Crippen molar-refractivity contribution in [2.45, 2.75) is 36.9 Å². The van der Waals surface area contributed by atoms with Crippen molar-refractivity contribution in [2.75, 3.05) is 0 Å². The van der Waals surface area contributed by atoms with Crippen LogP contribution in [0.4, 0.5) is 0 Å². The van der Waals surface area contributed by atoms with Crippen LogP contribution in [-0.2, 0) is 6.42 Å². The van der Waals surface area contributed by atoms with Crippen molar-refractivity contribution in [3.63, 3.8) is 0 Å². The van der Waals surface area contributed by atoms with E-state index in [4.69, 9.17) is 11.6 Å². The molecule has 1 heterocycles. The summed E-state index contributed by atoms with van der Waals surface area (Å²) in [6, 6.07) is 2.12. The van der Waals surface area contributed by atoms with Gasteiger partial charge in [0.15, 0.2) is 0 Å². The fourth-order valence-corrected chi connectivity index (χ4v) is 3.97. The minimum absolute atomic E-state index is 0.746. The predicted molar refractivity (Wildman–Crippen MR) is 67.7 cm³/mol. The lowest BCUT2D eigenvalue weighted by Gasteiger charge is -2.25. The SMILES string of the molecule is Clc1cc(CC2CCCC(Br)C2)cs1. The van der Waals surface area contributed by atoms with Crippen molar-refractivity contribution in [2.24, 2.45) is 5.92 Å². The van der Waals surface area contributed by atoms with E-state index in [9.17, 15) is 0 Å². The molecule has 2 atom stereocenters. The molecule has 78 valence electrons. The first-order chi connectivity index (χ1) is 6.74. The summed E-state index contributed by atoms with van der Waals surface area (Å²) in [4.78, 5) is 0.746. The predicted octanol–water partition coefficient (Wildman–Crippen LogP) is 4.90. The first kappa shape index (κ1) is 11.0. The standard InChI is InChI=1S/C11H14BrClS/c12-10-3-1-2-8(5-10)4-9-6-11(13)14-7-9/h6-8,10H,1-5H2. The van der Waals surface area contributed by atoms with Crippen molar-refractivity contribution in [1.82, 2.24) is 0 Å². The molecular weight excluding hydrogens is 280 g/mol. The van der Waals surface area contributed by atoms with Crippen LogP contribution >= 0.6 is 38.9 Å². The van der Waals surface area contributed by atoms with Crippen molar-refractivity contribution >= 4 is 38.9 Å². The van der Waals surface area contributed by atoms with Crippen molar-refractivity contribution in [3.05, 3.63) is 21.3 Å². The Bertz CT molecular complexity index is 297. The van der Waals surface area contributed by atoms with Gasteiger partial charge < -0.3 is 0 Å². The Labute approximate surface area is 103 Å². The molecule has 0 bridgehead atoms. The molecule has 0 N–H and O–H groups in total. The van der Waals surface area contributed by atoms with E-state index in [0.29, 0.717) is 0 Å². The molecule has 0 saturated heterocycles. The van der Waals surface area contributed by atoms with Gasteiger partial charge in [-0.3, -0.25) is 0 Å². The van der Waals surface area contributed by atoms with E-state index in [-0.39, 0.29) is 0 Å². The molecule has 2 unspecified atom stereocenters. The molecule has 1 aromatic rings. The van der Waals surface area contributed by atoms with Crippen LogP contribution in [0.15, 0.2) is 11.4 Å². The quantitative estimate of drug-likeness (QED) is 0.681. The molecule has 0 spiro atoms. The minimum Gasteiger partial charge on any atom is -0.132 e. The van der Waals surface area contributed by atoms with Gasteiger partial charge in [0.2, 0.25) is 0 Å². The molecular formula is C11H14BrClS. The fraction of sp³-hybridized carbons (Fsp3) is 0.636. The van der Waals surface area contributed by atoms with Crippen LogP contribution < -0.4 is 0 Å². The lowest BCUT2D eigenvalue weighted by molar-refractivity contribution is 0.368. The molecule has 0 amide bonds. The average molecular weight is 294 g/mol. The Hall–Kier alpha value is 0.470. The summed E-state index contributed by atoms with van der Waals surface area (Å²) < 4.78 is 0.922. The molecule has 0 aromatic carbocycles. The van der Waals surface area contributed by atoms with Crippen LogP contribution in [0.3, 0.4) is 0 Å². The minimum atomic E-state index is 0.746. The second-order valence-electron chi connectivity index (χ2n) is 4.09. The smallest absolute Gasteiger partial charge is 0.0931 e. The van der Waals surface area contributed by atoms with Crippen molar-refractivity contribution in [1.29, 1.82) is 0 Å². The van der Waals surface area contributed by atoms with Crippen molar-refractivity contribution < 1.29 is 0 Å². The first-order valence-electron chi connectivity index (χ1n) is 5.11.